The number of alkyl halides is 3. The van der Waals surface area contributed by atoms with Crippen molar-refractivity contribution in [3.8, 4) is 17.4 Å². The van der Waals surface area contributed by atoms with Crippen LogP contribution in [-0.4, -0.2) is 78.9 Å². The van der Waals surface area contributed by atoms with Gasteiger partial charge in [0.05, 0.1) is 23.7 Å². The summed E-state index contributed by atoms with van der Waals surface area (Å²) in [7, 11) is -1.61. The van der Waals surface area contributed by atoms with Crippen LogP contribution in [0.5, 0.6) is 17.4 Å². The number of amides is 1. The van der Waals surface area contributed by atoms with Crippen molar-refractivity contribution in [2.75, 3.05) is 43.8 Å². The Bertz CT molecular complexity index is 1770. The zero-order valence-electron chi connectivity index (χ0n) is 24.4. The molecule has 3 heterocycles. The number of benzene rings is 2. The highest BCUT2D eigenvalue weighted by molar-refractivity contribution is 7.92. The Balaban J connectivity index is 1.19. The standard InChI is InChI=1S/C30H32F3N5O5S/c1-20-14-28(34-17-25(20)35-44(3,40)41)43-24-9-6-22-15-27(36(2)26(22)16-24)29(39)38-12-10-37(11-13-38)18-21-4-7-23(8-5-21)42-19-30(31,32)33/h4-9,14-17,35H,10-13,18-19H2,1-3H3. The van der Waals surface area contributed by atoms with Crippen molar-refractivity contribution in [2.24, 2.45) is 7.05 Å². The molecule has 4 aromatic rings. The molecule has 234 valence electrons. The molecule has 0 unspecified atom stereocenters. The summed E-state index contributed by atoms with van der Waals surface area (Å²) >= 11 is 0. The predicted molar refractivity (Wildman–Crippen MR) is 160 cm³/mol. The minimum atomic E-state index is -4.38. The molecule has 5 rings (SSSR count). The molecular weight excluding hydrogens is 599 g/mol. The van der Waals surface area contributed by atoms with Gasteiger partial charge in [0, 0.05) is 57.3 Å². The number of carbonyl (C=O) groups is 1. The molecule has 2 aromatic carbocycles. The molecule has 1 amide bonds. The number of fused-ring (bicyclic) bond motifs is 1. The molecule has 2 aromatic heterocycles. The first-order valence-corrected chi connectivity index (χ1v) is 15.7. The van der Waals surface area contributed by atoms with Crippen LogP contribution in [-0.2, 0) is 23.6 Å². The van der Waals surface area contributed by atoms with Crippen molar-refractivity contribution in [3.05, 3.63) is 77.6 Å². The van der Waals surface area contributed by atoms with Crippen molar-refractivity contribution >= 4 is 32.5 Å². The van der Waals surface area contributed by atoms with Gasteiger partial charge in [0.1, 0.15) is 17.2 Å². The summed E-state index contributed by atoms with van der Waals surface area (Å²) in [4.78, 5) is 21.7. The molecule has 1 saturated heterocycles. The first-order valence-electron chi connectivity index (χ1n) is 13.8. The van der Waals surface area contributed by atoms with E-state index in [2.05, 4.69) is 14.6 Å². The largest absolute Gasteiger partial charge is 0.484 e. The highest BCUT2D eigenvalue weighted by Crippen LogP contribution is 2.29. The van der Waals surface area contributed by atoms with Gasteiger partial charge in [-0.2, -0.15) is 13.2 Å². The number of anilines is 1. The number of hydrogen-bond donors (Lipinski definition) is 1. The van der Waals surface area contributed by atoms with Gasteiger partial charge in [0.25, 0.3) is 5.91 Å². The lowest BCUT2D eigenvalue weighted by molar-refractivity contribution is -0.153. The molecule has 14 heteroatoms. The SMILES string of the molecule is Cc1cc(Oc2ccc3cc(C(=O)N4CCN(Cc5ccc(OCC(F)(F)F)cc5)CC4)n(C)c3c2)ncc1NS(C)(=O)=O. The summed E-state index contributed by atoms with van der Waals surface area (Å²) in [5.74, 6) is 0.903. The Morgan fingerprint density at radius 1 is 1.00 bits per heavy atom. The van der Waals surface area contributed by atoms with Crippen molar-refractivity contribution < 1.29 is 35.9 Å². The van der Waals surface area contributed by atoms with Gasteiger partial charge in [-0.15, -0.1) is 0 Å². The number of sulfonamides is 1. The second kappa shape index (κ2) is 12.4. The van der Waals surface area contributed by atoms with Gasteiger partial charge in [-0.05, 0) is 48.4 Å². The monoisotopic (exact) mass is 631 g/mol. The predicted octanol–water partition coefficient (Wildman–Crippen LogP) is 4.94. The molecule has 0 aliphatic carbocycles. The Kier molecular flexibility index (Phi) is 8.75. The van der Waals surface area contributed by atoms with E-state index < -0.39 is 22.8 Å². The fourth-order valence-electron chi connectivity index (χ4n) is 4.98. The van der Waals surface area contributed by atoms with E-state index in [9.17, 15) is 26.4 Å². The molecule has 0 radical (unpaired) electrons. The lowest BCUT2D eigenvalue weighted by Crippen LogP contribution is -2.48. The summed E-state index contributed by atoms with van der Waals surface area (Å²) in [5.41, 5.74) is 3.32. The van der Waals surface area contributed by atoms with Gasteiger partial charge in [-0.25, -0.2) is 13.4 Å². The van der Waals surface area contributed by atoms with Crippen molar-refractivity contribution in [2.45, 2.75) is 19.6 Å². The van der Waals surface area contributed by atoms with Gasteiger partial charge in [-0.1, -0.05) is 12.1 Å². The number of carbonyl (C=O) groups excluding carboxylic acids is 1. The van der Waals surface area contributed by atoms with Crippen molar-refractivity contribution in [3.63, 3.8) is 0 Å². The van der Waals surface area contributed by atoms with E-state index in [1.807, 2.05) is 34.7 Å². The summed E-state index contributed by atoms with van der Waals surface area (Å²) in [6.45, 7) is 3.43. The maximum atomic E-state index is 13.5. The number of aryl methyl sites for hydroxylation is 2. The van der Waals surface area contributed by atoms with Crippen LogP contribution in [0.1, 0.15) is 21.6 Å². The maximum Gasteiger partial charge on any atom is 0.422 e. The van der Waals surface area contributed by atoms with Crippen LogP contribution < -0.4 is 14.2 Å². The Labute approximate surface area is 253 Å². The minimum absolute atomic E-state index is 0.0803. The van der Waals surface area contributed by atoms with Crippen LogP contribution in [0, 0.1) is 6.92 Å². The van der Waals surface area contributed by atoms with E-state index in [0.29, 0.717) is 61.3 Å². The first kappa shape index (κ1) is 31.1. The Morgan fingerprint density at radius 3 is 2.32 bits per heavy atom. The molecule has 10 nitrogen and oxygen atoms in total. The lowest BCUT2D eigenvalue weighted by atomic mass is 10.2. The van der Waals surface area contributed by atoms with Crippen LogP contribution in [0.15, 0.2) is 60.8 Å². The fraction of sp³-hybridized carbons (Fsp3) is 0.333. The zero-order chi connectivity index (χ0) is 31.6. The number of aromatic nitrogens is 2. The van der Waals surface area contributed by atoms with E-state index in [4.69, 9.17) is 9.47 Å². The van der Waals surface area contributed by atoms with E-state index in [1.54, 1.807) is 31.2 Å². The van der Waals surface area contributed by atoms with E-state index in [-0.39, 0.29) is 11.7 Å². The molecule has 0 spiro atoms. The van der Waals surface area contributed by atoms with Gasteiger partial charge in [0.15, 0.2) is 6.61 Å². The van der Waals surface area contributed by atoms with Crippen molar-refractivity contribution in [1.82, 2.24) is 19.4 Å². The minimum Gasteiger partial charge on any atom is -0.484 e. The van der Waals surface area contributed by atoms with Crippen molar-refractivity contribution in [1.29, 1.82) is 0 Å². The molecule has 0 bridgehead atoms. The molecular formula is C30H32F3N5O5S. The van der Waals surface area contributed by atoms with Crippen LogP contribution in [0.3, 0.4) is 0 Å². The summed E-state index contributed by atoms with van der Waals surface area (Å²) in [6, 6.07) is 15.5. The third kappa shape index (κ3) is 7.80. The number of hydrogen-bond acceptors (Lipinski definition) is 7. The highest BCUT2D eigenvalue weighted by Gasteiger charge is 2.28. The molecule has 1 fully saturated rings. The molecule has 44 heavy (non-hydrogen) atoms. The number of pyridine rings is 1. The molecule has 0 atom stereocenters. The second-order valence-corrected chi connectivity index (χ2v) is 12.5. The van der Waals surface area contributed by atoms with Gasteiger partial charge in [-0.3, -0.25) is 14.4 Å². The molecule has 1 aliphatic heterocycles. The number of ether oxygens (including phenoxy) is 2. The topological polar surface area (TPSA) is 106 Å². The van der Waals surface area contributed by atoms with Crippen LogP contribution >= 0.6 is 0 Å². The van der Waals surface area contributed by atoms with Crippen LogP contribution in [0.25, 0.3) is 10.9 Å². The quantitative estimate of drug-likeness (QED) is 0.279. The summed E-state index contributed by atoms with van der Waals surface area (Å²) < 4.78 is 75.1. The lowest BCUT2D eigenvalue weighted by Gasteiger charge is -2.34. The molecule has 1 N–H and O–H groups in total. The zero-order valence-corrected chi connectivity index (χ0v) is 25.2. The number of nitrogens with zero attached hydrogens (tertiary/aromatic N) is 4. The Hall–Kier alpha value is -4.30. The normalized spacial score (nSPS) is 14.5. The number of halogens is 3. The maximum absolute atomic E-state index is 13.5. The average molecular weight is 632 g/mol. The third-order valence-corrected chi connectivity index (χ3v) is 7.82. The number of nitrogens with one attached hydrogen (secondary N) is 1. The van der Waals surface area contributed by atoms with Crippen LogP contribution in [0.4, 0.5) is 18.9 Å². The molecule has 0 saturated carbocycles. The fourth-order valence-corrected chi connectivity index (χ4v) is 5.59. The second-order valence-electron chi connectivity index (χ2n) is 10.7. The van der Waals surface area contributed by atoms with Gasteiger partial charge in [0.2, 0.25) is 15.9 Å². The number of piperazine rings is 1. The molecule has 1 aliphatic rings. The van der Waals surface area contributed by atoms with Gasteiger partial charge >= 0.3 is 6.18 Å². The number of rotatable bonds is 9. The first-order chi connectivity index (χ1) is 20.7. The van der Waals surface area contributed by atoms with E-state index in [0.717, 1.165) is 22.7 Å². The van der Waals surface area contributed by atoms with E-state index in [1.165, 1.54) is 18.3 Å². The Morgan fingerprint density at radius 2 is 1.68 bits per heavy atom. The summed E-state index contributed by atoms with van der Waals surface area (Å²) in [5, 5.41) is 0.876. The third-order valence-electron chi connectivity index (χ3n) is 7.23. The van der Waals surface area contributed by atoms with E-state index >= 15 is 0 Å². The van der Waals surface area contributed by atoms with Crippen LogP contribution in [0.2, 0.25) is 0 Å². The smallest absolute Gasteiger partial charge is 0.422 e. The highest BCUT2D eigenvalue weighted by atomic mass is 32.2. The summed E-state index contributed by atoms with van der Waals surface area (Å²) in [6.07, 6.45) is -1.91. The average Bonchev–Trinajstić information content (AvgIpc) is 3.29. The van der Waals surface area contributed by atoms with Gasteiger partial charge < -0.3 is 18.9 Å².